The van der Waals surface area contributed by atoms with E-state index in [0.29, 0.717) is 36.4 Å². The van der Waals surface area contributed by atoms with Crippen LogP contribution in [0.2, 0.25) is 0 Å². The van der Waals surface area contributed by atoms with Crippen molar-refractivity contribution in [2.24, 2.45) is 5.92 Å². The van der Waals surface area contributed by atoms with Crippen LogP contribution in [0.3, 0.4) is 0 Å². The van der Waals surface area contributed by atoms with Crippen molar-refractivity contribution in [2.75, 3.05) is 25.5 Å². The van der Waals surface area contributed by atoms with Gasteiger partial charge in [-0.25, -0.2) is 8.42 Å². The van der Waals surface area contributed by atoms with Crippen LogP contribution in [0.5, 0.6) is 5.75 Å². The largest absolute Gasteiger partial charge is 0.497 e. The van der Waals surface area contributed by atoms with Gasteiger partial charge in [-0.05, 0) is 61.4 Å². The number of nitrogens with one attached hydrogen (secondary N) is 1. The lowest BCUT2D eigenvalue weighted by Gasteiger charge is -2.31. The maximum absolute atomic E-state index is 12.9. The van der Waals surface area contributed by atoms with Crippen molar-refractivity contribution in [3.63, 3.8) is 0 Å². The molecule has 3 rings (SSSR count). The summed E-state index contributed by atoms with van der Waals surface area (Å²) in [5, 5.41) is 11.6. The third-order valence-electron chi connectivity index (χ3n) is 4.73. The summed E-state index contributed by atoms with van der Waals surface area (Å²) >= 11 is 0. The van der Waals surface area contributed by atoms with Gasteiger partial charge in [0.05, 0.1) is 29.6 Å². The summed E-state index contributed by atoms with van der Waals surface area (Å²) < 4.78 is 32.2. The number of carbonyl (C=O) groups excluding carboxylic acids is 1. The van der Waals surface area contributed by atoms with Crippen LogP contribution >= 0.6 is 0 Å². The fourth-order valence-electron chi connectivity index (χ4n) is 3.14. The quantitative estimate of drug-likeness (QED) is 0.833. The van der Waals surface area contributed by atoms with Gasteiger partial charge >= 0.3 is 0 Å². The molecule has 0 aromatic heterocycles. The van der Waals surface area contributed by atoms with Crippen molar-refractivity contribution in [1.29, 1.82) is 5.26 Å². The second-order valence-corrected chi connectivity index (χ2v) is 8.49. The van der Waals surface area contributed by atoms with Crippen molar-refractivity contribution >= 4 is 21.6 Å². The van der Waals surface area contributed by atoms with E-state index in [1.807, 2.05) is 6.07 Å². The van der Waals surface area contributed by atoms with Crippen LogP contribution in [0.25, 0.3) is 0 Å². The number of ether oxygens (including phenoxy) is 1. The molecule has 2 aromatic rings. The number of hydrogen-bond donors (Lipinski definition) is 1. The number of carbonyl (C=O) groups is 1. The Labute approximate surface area is 164 Å². The van der Waals surface area contributed by atoms with E-state index in [2.05, 4.69) is 5.32 Å². The summed E-state index contributed by atoms with van der Waals surface area (Å²) in [6, 6.07) is 14.8. The minimum atomic E-state index is -3.67. The third kappa shape index (κ3) is 4.32. The normalized spacial score (nSPS) is 17.5. The second kappa shape index (κ2) is 8.42. The maximum atomic E-state index is 12.9. The van der Waals surface area contributed by atoms with Gasteiger partial charge in [-0.15, -0.1) is 0 Å². The average Bonchev–Trinajstić information content (AvgIpc) is 2.74. The standard InChI is InChI=1S/C20H21N3O4S/c1-27-18-8-10-19(11-9-18)28(25,26)23-12-2-3-16(14-23)20(24)22-17-6-4-15(13-21)5-7-17/h4-11,16H,2-3,12,14H2,1H3,(H,22,24). The van der Waals surface area contributed by atoms with Gasteiger partial charge in [0.25, 0.3) is 0 Å². The number of sulfonamides is 1. The number of benzene rings is 2. The van der Waals surface area contributed by atoms with Crippen molar-refractivity contribution < 1.29 is 17.9 Å². The first-order valence-electron chi connectivity index (χ1n) is 8.89. The van der Waals surface area contributed by atoms with Crippen LogP contribution in [0.4, 0.5) is 5.69 Å². The summed E-state index contributed by atoms with van der Waals surface area (Å²) in [6.45, 7) is 0.519. The summed E-state index contributed by atoms with van der Waals surface area (Å²) in [5.41, 5.74) is 1.09. The smallest absolute Gasteiger partial charge is 0.243 e. The Morgan fingerprint density at radius 1 is 1.18 bits per heavy atom. The molecular weight excluding hydrogens is 378 g/mol. The molecule has 1 fully saturated rings. The minimum absolute atomic E-state index is 0.135. The Morgan fingerprint density at radius 2 is 1.86 bits per heavy atom. The third-order valence-corrected chi connectivity index (χ3v) is 6.61. The molecule has 7 nitrogen and oxygen atoms in total. The topological polar surface area (TPSA) is 99.5 Å². The molecule has 1 aliphatic heterocycles. The highest BCUT2D eigenvalue weighted by molar-refractivity contribution is 7.89. The summed E-state index contributed by atoms with van der Waals surface area (Å²) in [5.74, 6) is -0.0750. The molecule has 1 unspecified atom stereocenters. The SMILES string of the molecule is COc1ccc(S(=O)(=O)N2CCCC(C(=O)Nc3ccc(C#N)cc3)C2)cc1. The molecule has 0 saturated carbocycles. The molecule has 146 valence electrons. The molecule has 0 spiro atoms. The van der Waals surface area contributed by atoms with E-state index < -0.39 is 15.9 Å². The molecule has 28 heavy (non-hydrogen) atoms. The van der Waals surface area contributed by atoms with Gasteiger partial charge in [-0.1, -0.05) is 0 Å². The molecule has 1 amide bonds. The van der Waals surface area contributed by atoms with Gasteiger partial charge in [0.15, 0.2) is 0 Å². The van der Waals surface area contributed by atoms with Gasteiger partial charge < -0.3 is 10.1 Å². The Balaban J connectivity index is 1.69. The van der Waals surface area contributed by atoms with Crippen LogP contribution in [0.15, 0.2) is 53.4 Å². The molecule has 0 bridgehead atoms. The van der Waals surface area contributed by atoms with Crippen LogP contribution in [0.1, 0.15) is 18.4 Å². The van der Waals surface area contributed by atoms with Gasteiger partial charge in [-0.2, -0.15) is 9.57 Å². The minimum Gasteiger partial charge on any atom is -0.497 e. The zero-order chi connectivity index (χ0) is 20.1. The van der Waals surface area contributed by atoms with Crippen LogP contribution in [-0.4, -0.2) is 38.8 Å². The molecular formula is C20H21N3O4S. The number of methoxy groups -OCH3 is 1. The van der Waals surface area contributed by atoms with Gasteiger partial charge in [0, 0.05) is 18.8 Å². The summed E-state index contributed by atoms with van der Waals surface area (Å²) in [7, 11) is -2.15. The van der Waals surface area contributed by atoms with Gasteiger partial charge in [0.2, 0.25) is 15.9 Å². The number of piperidine rings is 1. The van der Waals surface area contributed by atoms with E-state index in [-0.39, 0.29) is 17.3 Å². The Bertz CT molecular complexity index is 980. The lowest BCUT2D eigenvalue weighted by Crippen LogP contribution is -2.43. The first-order chi connectivity index (χ1) is 13.4. The number of nitrogens with zero attached hydrogens (tertiary/aromatic N) is 2. The number of amides is 1. The maximum Gasteiger partial charge on any atom is 0.243 e. The molecule has 1 saturated heterocycles. The molecule has 1 aliphatic rings. The predicted molar refractivity (Wildman–Crippen MR) is 104 cm³/mol. The first-order valence-corrected chi connectivity index (χ1v) is 10.3. The molecule has 0 aliphatic carbocycles. The van der Waals surface area contributed by atoms with E-state index in [4.69, 9.17) is 10.00 Å². The second-order valence-electron chi connectivity index (χ2n) is 6.56. The summed E-state index contributed by atoms with van der Waals surface area (Å²) in [6.07, 6.45) is 1.23. The highest BCUT2D eigenvalue weighted by Gasteiger charge is 2.33. The fraction of sp³-hybridized carbons (Fsp3) is 0.300. The van der Waals surface area contributed by atoms with Crippen molar-refractivity contribution in [2.45, 2.75) is 17.7 Å². The van der Waals surface area contributed by atoms with Crippen LogP contribution in [-0.2, 0) is 14.8 Å². The van der Waals surface area contributed by atoms with E-state index in [1.54, 1.807) is 36.4 Å². The molecule has 0 radical (unpaired) electrons. The highest BCUT2D eigenvalue weighted by atomic mass is 32.2. The lowest BCUT2D eigenvalue weighted by atomic mass is 9.98. The number of hydrogen-bond acceptors (Lipinski definition) is 5. The number of anilines is 1. The van der Waals surface area contributed by atoms with E-state index >= 15 is 0 Å². The van der Waals surface area contributed by atoms with Crippen LogP contribution in [0, 0.1) is 17.2 Å². The Hall–Kier alpha value is -2.89. The predicted octanol–water partition coefficient (Wildman–Crippen LogP) is 2.61. The van der Waals surface area contributed by atoms with E-state index in [9.17, 15) is 13.2 Å². The lowest BCUT2D eigenvalue weighted by molar-refractivity contribution is -0.120. The van der Waals surface area contributed by atoms with Crippen molar-refractivity contribution in [1.82, 2.24) is 4.31 Å². The zero-order valence-corrected chi connectivity index (χ0v) is 16.3. The summed E-state index contributed by atoms with van der Waals surface area (Å²) in [4.78, 5) is 12.8. The molecule has 8 heteroatoms. The average molecular weight is 399 g/mol. The Morgan fingerprint density at radius 3 is 2.46 bits per heavy atom. The Kier molecular flexibility index (Phi) is 5.97. The molecule has 1 heterocycles. The first kappa shape index (κ1) is 19.9. The molecule has 1 N–H and O–H groups in total. The number of nitriles is 1. The zero-order valence-electron chi connectivity index (χ0n) is 15.5. The van der Waals surface area contributed by atoms with Crippen LogP contribution < -0.4 is 10.1 Å². The van der Waals surface area contributed by atoms with Gasteiger partial charge in [0.1, 0.15) is 5.75 Å². The van der Waals surface area contributed by atoms with Crippen molar-refractivity contribution in [3.05, 3.63) is 54.1 Å². The van der Waals surface area contributed by atoms with E-state index in [0.717, 1.165) is 0 Å². The monoisotopic (exact) mass is 399 g/mol. The number of rotatable bonds is 5. The van der Waals surface area contributed by atoms with Crippen molar-refractivity contribution in [3.8, 4) is 11.8 Å². The molecule has 1 atom stereocenters. The van der Waals surface area contributed by atoms with E-state index in [1.165, 1.54) is 23.5 Å². The highest BCUT2D eigenvalue weighted by Crippen LogP contribution is 2.26. The fourth-order valence-corrected chi connectivity index (χ4v) is 4.67. The molecule has 2 aromatic carbocycles. The van der Waals surface area contributed by atoms with Gasteiger partial charge in [-0.3, -0.25) is 4.79 Å².